The number of rotatable bonds is 6. The molecule has 0 aliphatic heterocycles. The normalized spacial score (nSPS) is 11.4. The molecule has 33 heavy (non-hydrogen) atoms. The van der Waals surface area contributed by atoms with Gasteiger partial charge < -0.3 is 15.4 Å². The summed E-state index contributed by atoms with van der Waals surface area (Å²) in [6.45, 7) is 5.38. The van der Waals surface area contributed by atoms with Crippen molar-refractivity contribution in [2.24, 2.45) is 0 Å². The first kappa shape index (κ1) is 25.2. The summed E-state index contributed by atoms with van der Waals surface area (Å²) in [5, 5.41) is 11.2. The average Bonchev–Trinajstić information content (AvgIpc) is 3.06. The molecule has 174 valence electrons. The standard InChI is InChI=1S/C23H23BrCl2N4O3/c1-23(2,3)28-22(32)20-19(27-18(31)12-33-4)21(13-5-8-15(25)9-6-13)30(29-20)17-10-7-14(24)11-16(17)26/h5-11H,12H2,1-4H3,(H,27,31)(H,28,32). The van der Waals surface area contributed by atoms with Crippen molar-refractivity contribution in [2.75, 3.05) is 19.0 Å². The number of amides is 2. The van der Waals surface area contributed by atoms with Crippen LogP contribution in [0.25, 0.3) is 16.9 Å². The third kappa shape index (κ3) is 6.14. The maximum atomic E-state index is 13.2. The number of ether oxygens (including phenoxy) is 1. The van der Waals surface area contributed by atoms with Gasteiger partial charge in [0.15, 0.2) is 5.69 Å². The summed E-state index contributed by atoms with van der Waals surface area (Å²) < 4.78 is 7.29. The third-order valence-electron chi connectivity index (χ3n) is 4.38. The van der Waals surface area contributed by atoms with Gasteiger partial charge in [0.05, 0.1) is 16.4 Å². The fraction of sp³-hybridized carbons (Fsp3) is 0.261. The second-order valence-corrected chi connectivity index (χ2v) is 10.0. The maximum absolute atomic E-state index is 13.2. The molecule has 0 radical (unpaired) electrons. The minimum Gasteiger partial charge on any atom is -0.375 e. The molecule has 2 aromatic carbocycles. The highest BCUT2D eigenvalue weighted by Crippen LogP contribution is 2.37. The first-order valence-electron chi connectivity index (χ1n) is 9.96. The van der Waals surface area contributed by atoms with Crippen LogP contribution in [0.5, 0.6) is 0 Å². The lowest BCUT2D eigenvalue weighted by atomic mass is 10.1. The molecule has 2 amide bonds. The first-order valence-corrected chi connectivity index (χ1v) is 11.5. The van der Waals surface area contributed by atoms with Crippen LogP contribution in [-0.2, 0) is 9.53 Å². The van der Waals surface area contributed by atoms with Crippen molar-refractivity contribution in [1.29, 1.82) is 0 Å². The summed E-state index contributed by atoms with van der Waals surface area (Å²) >= 11 is 16.0. The fourth-order valence-electron chi connectivity index (χ4n) is 3.10. The Morgan fingerprint density at radius 2 is 1.79 bits per heavy atom. The zero-order valence-corrected chi connectivity index (χ0v) is 21.6. The lowest BCUT2D eigenvalue weighted by Crippen LogP contribution is -2.41. The molecule has 1 aromatic heterocycles. The second kappa shape index (κ2) is 10.3. The minimum absolute atomic E-state index is 0.0401. The number of nitrogens with one attached hydrogen (secondary N) is 2. The summed E-state index contributed by atoms with van der Waals surface area (Å²) in [5.41, 5.74) is 1.43. The molecule has 3 rings (SSSR count). The van der Waals surface area contributed by atoms with E-state index in [1.165, 1.54) is 11.8 Å². The smallest absolute Gasteiger partial charge is 0.274 e. The summed E-state index contributed by atoms with van der Waals surface area (Å²) in [4.78, 5) is 25.7. The van der Waals surface area contributed by atoms with Gasteiger partial charge >= 0.3 is 0 Å². The van der Waals surface area contributed by atoms with Crippen LogP contribution < -0.4 is 10.6 Å². The number of carbonyl (C=O) groups excluding carboxylic acids is 2. The summed E-state index contributed by atoms with van der Waals surface area (Å²) in [6, 6.07) is 12.3. The van der Waals surface area contributed by atoms with Crippen molar-refractivity contribution >= 4 is 56.6 Å². The number of hydrogen-bond acceptors (Lipinski definition) is 4. The van der Waals surface area contributed by atoms with Crippen molar-refractivity contribution in [3.8, 4) is 16.9 Å². The zero-order chi connectivity index (χ0) is 24.3. The number of hydrogen-bond donors (Lipinski definition) is 2. The van der Waals surface area contributed by atoms with Crippen molar-refractivity contribution in [1.82, 2.24) is 15.1 Å². The van der Waals surface area contributed by atoms with Gasteiger partial charge in [-0.3, -0.25) is 9.59 Å². The van der Waals surface area contributed by atoms with Crippen LogP contribution in [0, 0.1) is 0 Å². The molecule has 0 bridgehead atoms. The molecule has 0 atom stereocenters. The third-order valence-corrected chi connectivity index (χ3v) is 5.43. The topological polar surface area (TPSA) is 85.2 Å². The van der Waals surface area contributed by atoms with Gasteiger partial charge in [0.25, 0.3) is 5.91 Å². The molecular weight excluding hydrogens is 531 g/mol. The van der Waals surface area contributed by atoms with E-state index in [-0.39, 0.29) is 18.0 Å². The van der Waals surface area contributed by atoms with Crippen molar-refractivity contribution in [3.05, 3.63) is 62.7 Å². The van der Waals surface area contributed by atoms with E-state index >= 15 is 0 Å². The number of aromatic nitrogens is 2. The van der Waals surface area contributed by atoms with Gasteiger partial charge in [0.1, 0.15) is 12.3 Å². The number of nitrogens with zero attached hydrogens (tertiary/aromatic N) is 2. The molecule has 0 saturated heterocycles. The molecule has 7 nitrogen and oxygen atoms in total. The van der Waals surface area contributed by atoms with Crippen molar-refractivity contribution < 1.29 is 14.3 Å². The highest BCUT2D eigenvalue weighted by atomic mass is 79.9. The maximum Gasteiger partial charge on any atom is 0.274 e. The number of halogens is 3. The molecule has 0 spiro atoms. The van der Waals surface area contributed by atoms with Gasteiger partial charge in [0, 0.05) is 27.7 Å². The quantitative estimate of drug-likeness (QED) is 0.408. The molecule has 0 aliphatic carbocycles. The van der Waals surface area contributed by atoms with Crippen LogP contribution in [0.2, 0.25) is 10.0 Å². The molecule has 10 heteroatoms. The van der Waals surface area contributed by atoms with Crippen molar-refractivity contribution in [2.45, 2.75) is 26.3 Å². The van der Waals surface area contributed by atoms with E-state index in [0.717, 1.165) is 4.47 Å². The number of methoxy groups -OCH3 is 1. The number of benzene rings is 2. The van der Waals surface area contributed by atoms with Crippen LogP contribution >= 0.6 is 39.1 Å². The first-order chi connectivity index (χ1) is 15.5. The van der Waals surface area contributed by atoms with Crippen LogP contribution in [0.4, 0.5) is 5.69 Å². The van der Waals surface area contributed by atoms with E-state index in [2.05, 4.69) is 31.7 Å². The molecule has 2 N–H and O–H groups in total. The van der Waals surface area contributed by atoms with E-state index in [4.69, 9.17) is 27.9 Å². The lowest BCUT2D eigenvalue weighted by Gasteiger charge is -2.20. The van der Waals surface area contributed by atoms with Gasteiger partial charge in [-0.1, -0.05) is 51.3 Å². The Kier molecular flexibility index (Phi) is 7.84. The van der Waals surface area contributed by atoms with Crippen LogP contribution in [-0.4, -0.2) is 40.9 Å². The Bertz CT molecular complexity index is 1190. The highest BCUT2D eigenvalue weighted by Gasteiger charge is 2.29. The van der Waals surface area contributed by atoms with Gasteiger partial charge in [0.2, 0.25) is 5.91 Å². The van der Waals surface area contributed by atoms with E-state index in [9.17, 15) is 9.59 Å². The molecule has 1 heterocycles. The van der Waals surface area contributed by atoms with Gasteiger partial charge in [-0.15, -0.1) is 0 Å². The zero-order valence-electron chi connectivity index (χ0n) is 18.5. The van der Waals surface area contributed by atoms with E-state index in [1.807, 2.05) is 26.8 Å². The Morgan fingerprint density at radius 1 is 1.12 bits per heavy atom. The van der Waals surface area contributed by atoms with Crippen LogP contribution in [0.1, 0.15) is 31.3 Å². The van der Waals surface area contributed by atoms with Crippen molar-refractivity contribution in [3.63, 3.8) is 0 Å². The van der Waals surface area contributed by atoms with E-state index < -0.39 is 17.4 Å². The molecule has 0 aliphatic rings. The van der Waals surface area contributed by atoms with Gasteiger partial charge in [-0.25, -0.2) is 4.68 Å². The Hall–Kier alpha value is -2.39. The second-order valence-electron chi connectivity index (χ2n) is 8.27. The monoisotopic (exact) mass is 552 g/mol. The van der Waals surface area contributed by atoms with Gasteiger partial charge in [-0.2, -0.15) is 5.10 Å². The number of carbonyl (C=O) groups is 2. The largest absolute Gasteiger partial charge is 0.375 e. The Labute approximate surface area is 210 Å². The molecule has 0 fully saturated rings. The number of anilines is 1. The lowest BCUT2D eigenvalue weighted by molar-refractivity contribution is -0.119. The van der Waals surface area contributed by atoms with Gasteiger partial charge in [-0.05, 0) is 51.1 Å². The minimum atomic E-state index is -0.523. The molecule has 0 saturated carbocycles. The SMILES string of the molecule is COCC(=O)Nc1c(C(=O)NC(C)(C)C)nn(-c2ccc(Br)cc2Cl)c1-c1ccc(Cl)cc1. The predicted molar refractivity (Wildman–Crippen MR) is 134 cm³/mol. The highest BCUT2D eigenvalue weighted by molar-refractivity contribution is 9.10. The molecule has 3 aromatic rings. The Morgan fingerprint density at radius 3 is 2.36 bits per heavy atom. The summed E-state index contributed by atoms with van der Waals surface area (Å²) in [6.07, 6.45) is 0. The Balaban J connectivity index is 2.32. The molecule has 0 unspecified atom stereocenters. The average molecular weight is 554 g/mol. The van der Waals surface area contributed by atoms with E-state index in [1.54, 1.807) is 36.4 Å². The molecular formula is C23H23BrCl2N4O3. The fourth-order valence-corrected chi connectivity index (χ4v) is 3.98. The van der Waals surface area contributed by atoms with Crippen LogP contribution in [0.3, 0.4) is 0 Å². The van der Waals surface area contributed by atoms with E-state index in [0.29, 0.717) is 27.0 Å². The summed E-state index contributed by atoms with van der Waals surface area (Å²) in [5.74, 6) is -0.878. The summed E-state index contributed by atoms with van der Waals surface area (Å²) in [7, 11) is 1.41. The predicted octanol–water partition coefficient (Wildman–Crippen LogP) is 5.72. The van der Waals surface area contributed by atoms with Crippen LogP contribution in [0.15, 0.2) is 46.9 Å².